The van der Waals surface area contributed by atoms with Crippen LogP contribution in [0.3, 0.4) is 0 Å². The van der Waals surface area contributed by atoms with Crippen LogP contribution in [0.2, 0.25) is 0 Å². The van der Waals surface area contributed by atoms with E-state index in [1.807, 2.05) is 0 Å². The Morgan fingerprint density at radius 3 is 2.18 bits per heavy atom. The molecule has 1 saturated heterocycles. The van der Waals surface area contributed by atoms with Gasteiger partial charge in [0.1, 0.15) is 11.9 Å². The fraction of sp³-hybridized carbons (Fsp3) is 0.933. The molecule has 5 saturated carbocycles. The maximum atomic E-state index is 14.0. The summed E-state index contributed by atoms with van der Waals surface area (Å²) in [5.74, 6) is 2.23. The molecule has 3 heteroatoms. The Bertz CT molecular complexity index is 922. The SMILES string of the molecule is C[C@H]1C(=O)CCC2[C@]3(C)CC4OC(=O)C5(CC[C@@]6(C)CCC(C)(C)CC6C45C)C3CC[C@@]21C. The lowest BCUT2D eigenvalue weighted by atomic mass is 9.30. The van der Waals surface area contributed by atoms with E-state index in [2.05, 4.69) is 48.5 Å². The molecule has 184 valence electrons. The summed E-state index contributed by atoms with van der Waals surface area (Å²) in [4.78, 5) is 26.8. The molecule has 33 heavy (non-hydrogen) atoms. The molecule has 0 aromatic carbocycles. The number of carbonyl (C=O) groups excluding carboxylic acids is 2. The largest absolute Gasteiger partial charge is 0.461 e. The van der Waals surface area contributed by atoms with Gasteiger partial charge in [-0.3, -0.25) is 9.59 Å². The van der Waals surface area contributed by atoms with Crippen LogP contribution in [0.15, 0.2) is 0 Å². The predicted octanol–water partition coefficient (Wildman–Crippen LogP) is 6.97. The second-order valence-electron chi connectivity index (χ2n) is 15.3. The van der Waals surface area contributed by atoms with Crippen molar-refractivity contribution in [3.63, 3.8) is 0 Å². The van der Waals surface area contributed by atoms with Crippen molar-refractivity contribution in [2.75, 3.05) is 0 Å². The lowest BCUT2D eigenvalue weighted by molar-refractivity contribution is -0.249. The molecule has 6 fully saturated rings. The first-order valence-electron chi connectivity index (χ1n) is 14.0. The number of ketones is 1. The standard InChI is InChI=1S/C30H46O3/c1-18-19(31)8-9-20-27(18,5)11-10-21-28(20,6)17-23-29(7)22-16-25(2,3)12-13-26(22,4)14-15-30(21,29)24(32)33-23/h18,20-23H,8-17H2,1-7H3/t18-,20?,21?,22?,23?,26+,27+,28-,29?,30?/m0/s1. The third-order valence-corrected chi connectivity index (χ3v) is 13.8. The quantitative estimate of drug-likeness (QED) is 0.371. The molecule has 2 bridgehead atoms. The van der Waals surface area contributed by atoms with Crippen LogP contribution >= 0.6 is 0 Å². The summed E-state index contributed by atoms with van der Waals surface area (Å²) >= 11 is 0. The number of rotatable bonds is 0. The average molecular weight is 455 g/mol. The number of esters is 1. The molecule has 0 amide bonds. The number of fused-ring (bicyclic) bond motifs is 4. The molecule has 0 radical (unpaired) electrons. The summed E-state index contributed by atoms with van der Waals surface area (Å²) in [7, 11) is 0. The molecule has 0 spiro atoms. The lowest BCUT2D eigenvalue weighted by Crippen LogP contribution is -2.70. The zero-order valence-electron chi connectivity index (χ0n) is 22.2. The molecule has 1 heterocycles. The van der Waals surface area contributed by atoms with E-state index >= 15 is 0 Å². The molecule has 1 aliphatic heterocycles. The van der Waals surface area contributed by atoms with Crippen molar-refractivity contribution < 1.29 is 14.3 Å². The van der Waals surface area contributed by atoms with Gasteiger partial charge in [0.2, 0.25) is 0 Å². The molecule has 0 aromatic heterocycles. The van der Waals surface area contributed by atoms with Crippen molar-refractivity contribution in [1.29, 1.82) is 0 Å². The molecular weight excluding hydrogens is 408 g/mol. The topological polar surface area (TPSA) is 43.4 Å². The number of Topliss-reactive ketones (excluding diaryl/α,β-unsaturated/α-hetero) is 1. The van der Waals surface area contributed by atoms with Gasteiger partial charge in [-0.1, -0.05) is 48.5 Å². The fourth-order valence-corrected chi connectivity index (χ4v) is 11.6. The highest BCUT2D eigenvalue weighted by atomic mass is 16.6. The predicted molar refractivity (Wildman–Crippen MR) is 129 cm³/mol. The summed E-state index contributed by atoms with van der Waals surface area (Å²) in [5, 5.41) is 0. The second-order valence-corrected chi connectivity index (χ2v) is 15.3. The summed E-state index contributed by atoms with van der Waals surface area (Å²) in [5.41, 5.74) is 0.471. The van der Waals surface area contributed by atoms with Gasteiger partial charge in [0.05, 0.1) is 5.41 Å². The van der Waals surface area contributed by atoms with Gasteiger partial charge in [-0.25, -0.2) is 0 Å². The van der Waals surface area contributed by atoms with Gasteiger partial charge >= 0.3 is 5.97 Å². The summed E-state index contributed by atoms with van der Waals surface area (Å²) in [6.07, 6.45) is 11.0. The number of hydrogen-bond acceptors (Lipinski definition) is 3. The minimum Gasteiger partial charge on any atom is -0.461 e. The third kappa shape index (κ3) is 2.39. The van der Waals surface area contributed by atoms with E-state index in [-0.39, 0.29) is 39.7 Å². The van der Waals surface area contributed by atoms with Crippen molar-refractivity contribution >= 4 is 11.8 Å². The van der Waals surface area contributed by atoms with Crippen LogP contribution in [-0.2, 0) is 14.3 Å². The van der Waals surface area contributed by atoms with E-state index in [1.165, 1.54) is 25.7 Å². The lowest BCUT2D eigenvalue weighted by Gasteiger charge is -2.72. The molecule has 6 unspecified atom stereocenters. The van der Waals surface area contributed by atoms with Gasteiger partial charge in [0.15, 0.2) is 0 Å². The summed E-state index contributed by atoms with van der Waals surface area (Å²) in [6.45, 7) is 17.0. The van der Waals surface area contributed by atoms with E-state index in [0.717, 1.165) is 38.5 Å². The van der Waals surface area contributed by atoms with Crippen LogP contribution < -0.4 is 0 Å². The number of ether oxygens (including phenoxy) is 1. The van der Waals surface area contributed by atoms with Crippen molar-refractivity contribution in [2.45, 2.75) is 119 Å². The Hall–Kier alpha value is -0.860. The highest BCUT2D eigenvalue weighted by molar-refractivity contribution is 5.84. The molecule has 3 nitrogen and oxygen atoms in total. The van der Waals surface area contributed by atoms with Gasteiger partial charge in [0, 0.05) is 17.8 Å². The van der Waals surface area contributed by atoms with Crippen LogP contribution in [0.25, 0.3) is 0 Å². The van der Waals surface area contributed by atoms with Crippen molar-refractivity contribution in [3.05, 3.63) is 0 Å². The summed E-state index contributed by atoms with van der Waals surface area (Å²) < 4.78 is 6.50. The Morgan fingerprint density at radius 2 is 1.45 bits per heavy atom. The van der Waals surface area contributed by atoms with Gasteiger partial charge in [-0.05, 0) is 97.2 Å². The van der Waals surface area contributed by atoms with E-state index in [0.29, 0.717) is 34.4 Å². The monoisotopic (exact) mass is 454 g/mol. The first kappa shape index (κ1) is 22.6. The summed E-state index contributed by atoms with van der Waals surface area (Å²) in [6, 6.07) is 0. The van der Waals surface area contributed by atoms with Crippen LogP contribution in [0, 0.1) is 56.2 Å². The van der Waals surface area contributed by atoms with Gasteiger partial charge in [0.25, 0.3) is 0 Å². The van der Waals surface area contributed by atoms with E-state index in [4.69, 9.17) is 4.74 Å². The van der Waals surface area contributed by atoms with Crippen molar-refractivity contribution in [1.82, 2.24) is 0 Å². The van der Waals surface area contributed by atoms with Gasteiger partial charge in [-0.15, -0.1) is 0 Å². The zero-order valence-corrected chi connectivity index (χ0v) is 22.2. The Balaban J connectivity index is 1.48. The molecule has 10 atom stereocenters. The van der Waals surface area contributed by atoms with Gasteiger partial charge < -0.3 is 4.74 Å². The number of hydrogen-bond donors (Lipinski definition) is 0. The third-order valence-electron chi connectivity index (χ3n) is 13.8. The normalized spacial score (nSPS) is 59.1. The minimum absolute atomic E-state index is 0.0417. The molecular formula is C30H46O3. The van der Waals surface area contributed by atoms with E-state index in [9.17, 15) is 9.59 Å². The highest BCUT2D eigenvalue weighted by Crippen LogP contribution is 2.81. The second kappa shape index (κ2) is 6.28. The Labute approximate surface area is 201 Å². The zero-order chi connectivity index (χ0) is 23.8. The smallest absolute Gasteiger partial charge is 0.313 e. The van der Waals surface area contributed by atoms with Crippen molar-refractivity contribution in [2.24, 2.45) is 56.2 Å². The first-order valence-corrected chi connectivity index (χ1v) is 14.0. The first-order chi connectivity index (χ1) is 15.2. The van der Waals surface area contributed by atoms with Crippen LogP contribution in [0.1, 0.15) is 113 Å². The maximum absolute atomic E-state index is 14.0. The van der Waals surface area contributed by atoms with Crippen LogP contribution in [0.5, 0.6) is 0 Å². The van der Waals surface area contributed by atoms with Gasteiger partial charge in [-0.2, -0.15) is 0 Å². The van der Waals surface area contributed by atoms with Crippen molar-refractivity contribution in [3.8, 4) is 0 Å². The Morgan fingerprint density at radius 1 is 0.758 bits per heavy atom. The molecule has 0 N–H and O–H groups in total. The van der Waals surface area contributed by atoms with Crippen LogP contribution in [0.4, 0.5) is 0 Å². The average Bonchev–Trinajstić information content (AvgIpc) is 2.87. The maximum Gasteiger partial charge on any atom is 0.313 e. The van der Waals surface area contributed by atoms with E-state index in [1.54, 1.807) is 0 Å². The molecule has 6 aliphatic rings. The Kier molecular flexibility index (Phi) is 4.30. The fourth-order valence-electron chi connectivity index (χ4n) is 11.6. The number of carbonyl (C=O) groups is 2. The molecule has 6 rings (SSSR count). The van der Waals surface area contributed by atoms with E-state index < -0.39 is 0 Å². The molecule has 5 aliphatic carbocycles. The molecule has 0 aromatic rings. The minimum atomic E-state index is -0.325. The van der Waals surface area contributed by atoms with Crippen LogP contribution in [-0.4, -0.2) is 17.9 Å². The highest BCUT2D eigenvalue weighted by Gasteiger charge is 2.81.